The summed E-state index contributed by atoms with van der Waals surface area (Å²) in [5.41, 5.74) is 0. The molecule has 0 atom stereocenters. The normalized spacial score (nSPS) is 7.14. The zero-order valence-corrected chi connectivity index (χ0v) is 4.96. The van der Waals surface area contributed by atoms with Gasteiger partial charge in [0.25, 0.3) is 0 Å². The van der Waals surface area contributed by atoms with E-state index in [9.17, 15) is 4.79 Å². The quantitative estimate of drug-likeness (QED) is 0.501. The molecular weight excluding hydrogens is 115 g/mol. The third kappa shape index (κ3) is 10.7. The number of carbonyl (C=O) groups is 1. The monoisotopic (exact) mass is 124 g/mol. The van der Waals surface area contributed by atoms with Crippen molar-refractivity contribution in [3.05, 3.63) is 0 Å². The molecule has 0 aromatic heterocycles. The lowest BCUT2D eigenvalue weighted by Crippen LogP contribution is -1.79. The molecule has 0 aromatic rings. The van der Waals surface area contributed by atoms with Crippen LogP contribution in [0.4, 0.5) is 0 Å². The Bertz CT molecular complexity index is 53.7. The number of hydrogen-bond donors (Lipinski definition) is 0. The molecule has 0 saturated heterocycles. The largest absolute Gasteiger partial charge is 0.412 e. The summed E-state index contributed by atoms with van der Waals surface area (Å²) in [6.45, 7) is 1.92. The summed E-state index contributed by atoms with van der Waals surface area (Å²) in [5.74, 6) is 0. The Hall–Kier alpha value is -0.0800. The predicted octanol–water partition coefficient (Wildman–Crippen LogP) is 0.727. The molecule has 2 nitrogen and oxygen atoms in total. The van der Waals surface area contributed by atoms with Crippen molar-refractivity contribution in [2.45, 2.75) is 19.8 Å². The van der Waals surface area contributed by atoms with Crippen LogP contribution in [0.2, 0.25) is 0 Å². The predicted molar refractivity (Wildman–Crippen MR) is 29.4 cm³/mol. The lowest BCUT2D eigenvalue weighted by atomic mass is 10.4. The van der Waals surface area contributed by atoms with Gasteiger partial charge in [0.05, 0.1) is 0 Å². The summed E-state index contributed by atoms with van der Waals surface area (Å²) in [4.78, 5) is 9.81. The summed E-state index contributed by atoms with van der Waals surface area (Å²) in [5, 5.41) is -0.238. The molecule has 0 bridgehead atoms. The van der Waals surface area contributed by atoms with E-state index in [-0.39, 0.29) is 10.7 Å². The highest BCUT2D eigenvalue weighted by atomic mass is 35.5. The van der Waals surface area contributed by atoms with E-state index in [1.807, 2.05) is 6.92 Å². The second kappa shape index (κ2) is 5.92. The van der Waals surface area contributed by atoms with Gasteiger partial charge in [-0.2, -0.15) is 0 Å². The maximum atomic E-state index is 9.81. The van der Waals surface area contributed by atoms with Crippen LogP contribution in [0.5, 0.6) is 0 Å². The number of halogens is 1. The van der Waals surface area contributed by atoms with E-state index < -0.39 is 0 Å². The Labute approximate surface area is 47.8 Å². The molecule has 2 N–H and O–H groups in total. The molecule has 0 amide bonds. The van der Waals surface area contributed by atoms with Crippen LogP contribution in [0.25, 0.3) is 0 Å². The zero-order chi connectivity index (χ0) is 4.99. The first-order valence-electron chi connectivity index (χ1n) is 1.95. The molecule has 0 aromatic carbocycles. The highest BCUT2D eigenvalue weighted by molar-refractivity contribution is 6.63. The van der Waals surface area contributed by atoms with Gasteiger partial charge in [0.2, 0.25) is 5.24 Å². The van der Waals surface area contributed by atoms with E-state index in [0.717, 1.165) is 6.42 Å². The second-order valence-corrected chi connectivity index (χ2v) is 1.53. The van der Waals surface area contributed by atoms with Crippen molar-refractivity contribution in [2.24, 2.45) is 0 Å². The van der Waals surface area contributed by atoms with Gasteiger partial charge >= 0.3 is 0 Å². The molecule has 0 heterocycles. The van der Waals surface area contributed by atoms with Crippen LogP contribution in [-0.2, 0) is 4.79 Å². The van der Waals surface area contributed by atoms with Gasteiger partial charge in [0.15, 0.2) is 0 Å². The number of hydrogen-bond acceptors (Lipinski definition) is 1. The summed E-state index contributed by atoms with van der Waals surface area (Å²) in [7, 11) is 0. The molecule has 44 valence electrons. The smallest absolute Gasteiger partial charge is 0.221 e. The van der Waals surface area contributed by atoms with Gasteiger partial charge in [-0.15, -0.1) is 0 Å². The van der Waals surface area contributed by atoms with Gasteiger partial charge in [-0.1, -0.05) is 6.92 Å². The minimum Gasteiger partial charge on any atom is -0.412 e. The van der Waals surface area contributed by atoms with E-state index in [1.54, 1.807) is 0 Å². The van der Waals surface area contributed by atoms with Gasteiger partial charge in [-0.3, -0.25) is 4.79 Å². The molecule has 0 unspecified atom stereocenters. The molecular formula is C4H9ClO2. The fourth-order valence-corrected chi connectivity index (χ4v) is 0.386. The number of carbonyl (C=O) groups excluding carboxylic acids is 1. The van der Waals surface area contributed by atoms with Gasteiger partial charge in [0, 0.05) is 6.42 Å². The van der Waals surface area contributed by atoms with Crippen molar-refractivity contribution >= 4 is 16.8 Å². The fraction of sp³-hybridized carbons (Fsp3) is 0.750. The first-order valence-corrected chi connectivity index (χ1v) is 2.33. The lowest BCUT2D eigenvalue weighted by Gasteiger charge is -1.77. The van der Waals surface area contributed by atoms with Gasteiger partial charge in [0.1, 0.15) is 0 Å². The van der Waals surface area contributed by atoms with Crippen molar-refractivity contribution in [3.63, 3.8) is 0 Å². The van der Waals surface area contributed by atoms with E-state index >= 15 is 0 Å². The third-order valence-corrected chi connectivity index (χ3v) is 0.636. The molecule has 0 aliphatic carbocycles. The van der Waals surface area contributed by atoms with Crippen molar-refractivity contribution in [1.82, 2.24) is 0 Å². The van der Waals surface area contributed by atoms with E-state index in [4.69, 9.17) is 11.6 Å². The maximum absolute atomic E-state index is 9.81. The Morgan fingerprint density at radius 2 is 2.14 bits per heavy atom. The standard InChI is InChI=1S/C4H7ClO.H2O/c1-2-3-4(5)6;/h2-3H2,1H3;1H2. The Kier molecular flexibility index (Phi) is 8.47. The van der Waals surface area contributed by atoms with Gasteiger partial charge < -0.3 is 5.48 Å². The molecule has 7 heavy (non-hydrogen) atoms. The summed E-state index contributed by atoms with van der Waals surface area (Å²) in [6, 6.07) is 0. The minimum absolute atomic E-state index is 0. The molecule has 0 spiro atoms. The molecule has 0 rings (SSSR count). The van der Waals surface area contributed by atoms with E-state index in [2.05, 4.69) is 0 Å². The molecule has 3 heteroatoms. The van der Waals surface area contributed by atoms with Crippen LogP contribution in [0.1, 0.15) is 19.8 Å². The lowest BCUT2D eigenvalue weighted by molar-refractivity contribution is -0.111. The van der Waals surface area contributed by atoms with E-state index in [1.165, 1.54) is 0 Å². The molecule has 0 fully saturated rings. The average Bonchev–Trinajstić information content (AvgIpc) is 1.35. The summed E-state index contributed by atoms with van der Waals surface area (Å²) in [6.07, 6.45) is 1.35. The maximum Gasteiger partial charge on any atom is 0.221 e. The van der Waals surface area contributed by atoms with Crippen molar-refractivity contribution in [3.8, 4) is 0 Å². The Morgan fingerprint density at radius 3 is 2.14 bits per heavy atom. The second-order valence-electron chi connectivity index (χ2n) is 1.11. The van der Waals surface area contributed by atoms with Crippen molar-refractivity contribution in [1.29, 1.82) is 0 Å². The Morgan fingerprint density at radius 1 is 1.71 bits per heavy atom. The van der Waals surface area contributed by atoms with Gasteiger partial charge in [-0.25, -0.2) is 0 Å². The van der Waals surface area contributed by atoms with Crippen LogP contribution in [-0.4, -0.2) is 10.7 Å². The topological polar surface area (TPSA) is 48.6 Å². The van der Waals surface area contributed by atoms with Crippen molar-refractivity contribution in [2.75, 3.05) is 0 Å². The van der Waals surface area contributed by atoms with Crippen molar-refractivity contribution < 1.29 is 10.3 Å². The summed E-state index contributed by atoms with van der Waals surface area (Å²) < 4.78 is 0. The highest BCUT2D eigenvalue weighted by Gasteiger charge is 1.87. The van der Waals surface area contributed by atoms with Gasteiger partial charge in [-0.05, 0) is 18.0 Å². The highest BCUT2D eigenvalue weighted by Crippen LogP contribution is 1.90. The number of rotatable bonds is 2. The molecule has 0 radical (unpaired) electrons. The third-order valence-electron chi connectivity index (χ3n) is 0.447. The first kappa shape index (κ1) is 10.0. The van der Waals surface area contributed by atoms with Crippen LogP contribution in [0, 0.1) is 0 Å². The van der Waals surface area contributed by atoms with Crippen LogP contribution >= 0.6 is 11.6 Å². The first-order chi connectivity index (χ1) is 2.77. The minimum atomic E-state index is -0.238. The van der Waals surface area contributed by atoms with Crippen LogP contribution < -0.4 is 0 Å². The zero-order valence-electron chi connectivity index (χ0n) is 4.20. The molecule has 0 saturated carbocycles. The summed E-state index contributed by atoms with van der Waals surface area (Å²) >= 11 is 4.94. The van der Waals surface area contributed by atoms with E-state index in [0.29, 0.717) is 6.42 Å². The Balaban J connectivity index is 0. The SMILES string of the molecule is CCCC(=O)Cl.O. The van der Waals surface area contributed by atoms with Crippen LogP contribution in [0.15, 0.2) is 0 Å². The average molecular weight is 125 g/mol. The molecule has 0 aliphatic heterocycles. The molecule has 0 aliphatic rings. The fourth-order valence-electron chi connectivity index (χ4n) is 0.197. The van der Waals surface area contributed by atoms with Crippen LogP contribution in [0.3, 0.4) is 0 Å².